The van der Waals surface area contributed by atoms with Crippen molar-refractivity contribution in [2.24, 2.45) is 0 Å². The molecular formula is C15H17N3S. The molecule has 0 atom stereocenters. The monoisotopic (exact) mass is 271 g/mol. The van der Waals surface area contributed by atoms with Gasteiger partial charge in [-0.05, 0) is 31.5 Å². The largest absolute Gasteiger partial charge is 0.336 e. The summed E-state index contributed by atoms with van der Waals surface area (Å²) in [5.74, 6) is 0. The molecule has 0 aliphatic rings. The van der Waals surface area contributed by atoms with Crippen LogP contribution in [-0.2, 0) is 13.1 Å². The fraction of sp³-hybridized carbons (Fsp3) is 0.267. The summed E-state index contributed by atoms with van der Waals surface area (Å²) in [6.07, 6.45) is 0. The SMILES string of the molecule is CNCc1cc2ccccc2n1Cc1nc(C)cs1. The highest BCUT2D eigenvalue weighted by Gasteiger charge is 2.09. The highest BCUT2D eigenvalue weighted by Crippen LogP contribution is 2.22. The zero-order valence-electron chi connectivity index (χ0n) is 11.2. The lowest BCUT2D eigenvalue weighted by Crippen LogP contribution is -2.11. The summed E-state index contributed by atoms with van der Waals surface area (Å²) in [6.45, 7) is 3.77. The Balaban J connectivity index is 2.06. The third-order valence-corrected chi connectivity index (χ3v) is 4.17. The van der Waals surface area contributed by atoms with Crippen molar-refractivity contribution in [3.05, 3.63) is 52.1 Å². The smallest absolute Gasteiger partial charge is 0.113 e. The molecule has 0 spiro atoms. The van der Waals surface area contributed by atoms with Crippen molar-refractivity contribution in [1.82, 2.24) is 14.9 Å². The average molecular weight is 271 g/mol. The van der Waals surface area contributed by atoms with Gasteiger partial charge in [0.25, 0.3) is 0 Å². The topological polar surface area (TPSA) is 29.9 Å². The van der Waals surface area contributed by atoms with Crippen LogP contribution in [0.4, 0.5) is 0 Å². The molecule has 3 aromatic rings. The van der Waals surface area contributed by atoms with Crippen LogP contribution in [0.3, 0.4) is 0 Å². The van der Waals surface area contributed by atoms with Gasteiger partial charge in [-0.25, -0.2) is 4.98 Å². The van der Waals surface area contributed by atoms with E-state index in [9.17, 15) is 0 Å². The summed E-state index contributed by atoms with van der Waals surface area (Å²) in [7, 11) is 1.98. The summed E-state index contributed by atoms with van der Waals surface area (Å²) < 4.78 is 2.35. The van der Waals surface area contributed by atoms with Crippen molar-refractivity contribution in [3.8, 4) is 0 Å². The fourth-order valence-corrected chi connectivity index (χ4v) is 3.15. The van der Waals surface area contributed by atoms with E-state index < -0.39 is 0 Å². The van der Waals surface area contributed by atoms with Crippen LogP contribution in [0.1, 0.15) is 16.4 Å². The quantitative estimate of drug-likeness (QED) is 0.790. The molecule has 3 rings (SSSR count). The van der Waals surface area contributed by atoms with E-state index in [1.54, 1.807) is 11.3 Å². The minimum Gasteiger partial charge on any atom is -0.336 e. The van der Waals surface area contributed by atoms with Gasteiger partial charge in [0.1, 0.15) is 5.01 Å². The van der Waals surface area contributed by atoms with Gasteiger partial charge in [0.2, 0.25) is 0 Å². The van der Waals surface area contributed by atoms with Crippen molar-refractivity contribution in [2.75, 3.05) is 7.05 Å². The van der Waals surface area contributed by atoms with Crippen molar-refractivity contribution in [1.29, 1.82) is 0 Å². The normalized spacial score (nSPS) is 11.3. The molecule has 0 aliphatic carbocycles. The molecule has 98 valence electrons. The number of hydrogen-bond acceptors (Lipinski definition) is 3. The van der Waals surface area contributed by atoms with Crippen LogP contribution in [0, 0.1) is 6.92 Å². The Morgan fingerprint density at radius 2 is 2.16 bits per heavy atom. The highest BCUT2D eigenvalue weighted by molar-refractivity contribution is 7.09. The number of aromatic nitrogens is 2. The van der Waals surface area contributed by atoms with Gasteiger partial charge in [-0.2, -0.15) is 0 Å². The number of hydrogen-bond donors (Lipinski definition) is 1. The molecule has 0 aliphatic heterocycles. The summed E-state index contributed by atoms with van der Waals surface area (Å²) >= 11 is 1.73. The van der Waals surface area contributed by atoms with Crippen molar-refractivity contribution in [3.63, 3.8) is 0 Å². The molecule has 0 saturated carbocycles. The van der Waals surface area contributed by atoms with E-state index in [1.807, 2.05) is 14.0 Å². The molecule has 0 saturated heterocycles. The average Bonchev–Trinajstić information content (AvgIpc) is 2.96. The molecule has 0 unspecified atom stereocenters. The summed E-state index contributed by atoms with van der Waals surface area (Å²) in [4.78, 5) is 4.57. The number of benzene rings is 1. The predicted octanol–water partition coefficient (Wildman–Crippen LogP) is 3.17. The van der Waals surface area contributed by atoms with Crippen LogP contribution in [0.5, 0.6) is 0 Å². The zero-order chi connectivity index (χ0) is 13.2. The Morgan fingerprint density at radius 3 is 2.89 bits per heavy atom. The Bertz CT molecular complexity index is 696. The standard InChI is InChI=1S/C15H17N3S/c1-11-10-19-15(17-11)9-18-13(8-16-2)7-12-5-3-4-6-14(12)18/h3-7,10,16H,8-9H2,1-2H3. The van der Waals surface area contributed by atoms with Crippen LogP contribution in [0.2, 0.25) is 0 Å². The summed E-state index contributed by atoms with van der Waals surface area (Å²) in [6, 6.07) is 10.8. The number of para-hydroxylation sites is 1. The minimum atomic E-state index is 0.850. The number of aryl methyl sites for hydroxylation is 1. The maximum absolute atomic E-state index is 4.57. The molecule has 0 amide bonds. The first-order valence-electron chi connectivity index (χ1n) is 6.40. The molecule has 0 fully saturated rings. The van der Waals surface area contributed by atoms with Gasteiger partial charge in [-0.15, -0.1) is 11.3 Å². The Kier molecular flexibility index (Phi) is 3.36. The van der Waals surface area contributed by atoms with Gasteiger partial charge in [0, 0.05) is 28.8 Å². The second kappa shape index (κ2) is 5.15. The van der Waals surface area contributed by atoms with Gasteiger partial charge in [0.05, 0.1) is 6.54 Å². The second-order valence-corrected chi connectivity index (χ2v) is 5.64. The van der Waals surface area contributed by atoms with E-state index in [2.05, 4.69) is 50.6 Å². The first-order chi connectivity index (χ1) is 9.28. The molecule has 4 heteroatoms. The lowest BCUT2D eigenvalue weighted by Gasteiger charge is -2.08. The highest BCUT2D eigenvalue weighted by atomic mass is 32.1. The fourth-order valence-electron chi connectivity index (χ4n) is 2.39. The minimum absolute atomic E-state index is 0.850. The third kappa shape index (κ3) is 2.41. The molecule has 1 aromatic carbocycles. The number of nitrogens with one attached hydrogen (secondary N) is 1. The number of rotatable bonds is 4. The number of nitrogens with zero attached hydrogens (tertiary/aromatic N) is 2. The van der Waals surface area contributed by atoms with E-state index in [-0.39, 0.29) is 0 Å². The zero-order valence-corrected chi connectivity index (χ0v) is 12.0. The molecule has 3 nitrogen and oxygen atoms in total. The second-order valence-electron chi connectivity index (χ2n) is 4.69. The molecule has 2 heterocycles. The van der Waals surface area contributed by atoms with Gasteiger partial charge in [-0.3, -0.25) is 0 Å². The van der Waals surface area contributed by atoms with Gasteiger partial charge < -0.3 is 9.88 Å². The van der Waals surface area contributed by atoms with E-state index in [0.29, 0.717) is 0 Å². The van der Waals surface area contributed by atoms with Crippen LogP contribution < -0.4 is 5.32 Å². The molecule has 19 heavy (non-hydrogen) atoms. The van der Waals surface area contributed by atoms with Crippen molar-refractivity contribution in [2.45, 2.75) is 20.0 Å². The number of fused-ring (bicyclic) bond motifs is 1. The first-order valence-corrected chi connectivity index (χ1v) is 7.28. The molecule has 1 N–H and O–H groups in total. The van der Waals surface area contributed by atoms with Crippen LogP contribution >= 0.6 is 11.3 Å². The van der Waals surface area contributed by atoms with Crippen molar-refractivity contribution < 1.29 is 0 Å². The van der Waals surface area contributed by atoms with Gasteiger partial charge in [0.15, 0.2) is 0 Å². The summed E-state index contributed by atoms with van der Waals surface area (Å²) in [5.41, 5.74) is 3.68. The Hall–Kier alpha value is -1.65. The lowest BCUT2D eigenvalue weighted by atomic mass is 10.2. The third-order valence-electron chi connectivity index (χ3n) is 3.21. The lowest BCUT2D eigenvalue weighted by molar-refractivity contribution is 0.706. The Morgan fingerprint density at radius 1 is 1.32 bits per heavy atom. The van der Waals surface area contributed by atoms with E-state index in [1.165, 1.54) is 16.6 Å². The molecule has 0 radical (unpaired) electrons. The molecule has 0 bridgehead atoms. The predicted molar refractivity (Wildman–Crippen MR) is 80.7 cm³/mol. The van der Waals surface area contributed by atoms with E-state index in [0.717, 1.165) is 23.8 Å². The maximum atomic E-state index is 4.57. The maximum Gasteiger partial charge on any atom is 0.113 e. The van der Waals surface area contributed by atoms with E-state index in [4.69, 9.17) is 0 Å². The summed E-state index contributed by atoms with van der Waals surface area (Å²) in [5, 5.41) is 7.80. The van der Waals surface area contributed by atoms with Crippen LogP contribution in [-0.4, -0.2) is 16.6 Å². The van der Waals surface area contributed by atoms with Crippen molar-refractivity contribution >= 4 is 22.2 Å². The molecular weight excluding hydrogens is 254 g/mol. The van der Waals surface area contributed by atoms with Gasteiger partial charge >= 0.3 is 0 Å². The van der Waals surface area contributed by atoms with Gasteiger partial charge in [-0.1, -0.05) is 18.2 Å². The van der Waals surface area contributed by atoms with Crippen LogP contribution in [0.15, 0.2) is 35.7 Å². The van der Waals surface area contributed by atoms with Crippen LogP contribution in [0.25, 0.3) is 10.9 Å². The number of thiazole rings is 1. The first kappa shape index (κ1) is 12.4. The Labute approximate surface area is 116 Å². The van der Waals surface area contributed by atoms with E-state index >= 15 is 0 Å². The molecule has 2 aromatic heterocycles.